The van der Waals surface area contributed by atoms with E-state index in [-0.39, 0.29) is 5.43 Å². The van der Waals surface area contributed by atoms with Crippen LogP contribution in [0.2, 0.25) is 0 Å². The summed E-state index contributed by atoms with van der Waals surface area (Å²) < 4.78 is 0. The van der Waals surface area contributed by atoms with Gasteiger partial charge in [-0.15, -0.1) is 0 Å². The van der Waals surface area contributed by atoms with Gasteiger partial charge < -0.3 is 5.11 Å². The summed E-state index contributed by atoms with van der Waals surface area (Å²) in [5, 5.41) is 15.6. The average molecular weight is 218 g/mol. The van der Waals surface area contributed by atoms with Crippen LogP contribution in [0.1, 0.15) is 6.92 Å². The number of aromatic nitrogens is 2. The number of hydrogen-bond donors (Lipinski definition) is 1. The van der Waals surface area contributed by atoms with Crippen molar-refractivity contribution in [1.82, 2.24) is 10.2 Å². The fourth-order valence-corrected chi connectivity index (χ4v) is 1.06. The Labute approximate surface area is 91.4 Å². The standard InChI is InChI=1S/C9H6N2O.C2H4O2/c12-9-5-6-10-11-8-4-2-1-3-7(8)9;1-2(3)4/h1-6H;1H3,(H,3,4). The predicted molar refractivity (Wildman–Crippen MR) is 59.1 cm³/mol. The first-order chi connectivity index (χ1) is 7.61. The Bertz CT molecular complexity index is 551. The first kappa shape index (κ1) is 11.8. The van der Waals surface area contributed by atoms with Crippen LogP contribution >= 0.6 is 0 Å². The van der Waals surface area contributed by atoms with Gasteiger partial charge in [0.1, 0.15) is 0 Å². The SMILES string of the molecule is CC(=O)O.O=c1ccnnc2ccccc12. The van der Waals surface area contributed by atoms with E-state index >= 15 is 0 Å². The lowest BCUT2D eigenvalue weighted by molar-refractivity contribution is -0.134. The van der Waals surface area contributed by atoms with Crippen molar-refractivity contribution in [3.8, 4) is 0 Å². The number of carboxylic acid groups (broad SMARTS) is 1. The van der Waals surface area contributed by atoms with Crippen LogP contribution in [-0.2, 0) is 4.79 Å². The third kappa shape index (κ3) is 3.45. The molecule has 0 amide bonds. The first-order valence-electron chi connectivity index (χ1n) is 4.51. The topological polar surface area (TPSA) is 80.1 Å². The molecule has 0 aliphatic heterocycles. The predicted octanol–water partition coefficient (Wildman–Crippen LogP) is 1.08. The van der Waals surface area contributed by atoms with Crippen molar-refractivity contribution in [3.05, 3.63) is 46.8 Å². The molecule has 0 saturated carbocycles. The maximum Gasteiger partial charge on any atom is 0.300 e. The van der Waals surface area contributed by atoms with Gasteiger partial charge in [-0.2, -0.15) is 10.2 Å². The molecule has 0 aliphatic rings. The molecular formula is C11H10N2O3. The fraction of sp³-hybridized carbons (Fsp3) is 0.0909. The number of aliphatic carboxylic acids is 1. The van der Waals surface area contributed by atoms with Crippen molar-refractivity contribution in [1.29, 1.82) is 0 Å². The van der Waals surface area contributed by atoms with Crippen molar-refractivity contribution in [2.24, 2.45) is 0 Å². The van der Waals surface area contributed by atoms with E-state index in [2.05, 4.69) is 10.2 Å². The molecule has 0 spiro atoms. The van der Waals surface area contributed by atoms with Gasteiger partial charge in [-0.3, -0.25) is 9.59 Å². The van der Waals surface area contributed by atoms with Crippen LogP contribution in [0.25, 0.3) is 10.9 Å². The van der Waals surface area contributed by atoms with Crippen LogP contribution in [0.3, 0.4) is 0 Å². The van der Waals surface area contributed by atoms with E-state index in [4.69, 9.17) is 9.90 Å². The molecular weight excluding hydrogens is 208 g/mol. The van der Waals surface area contributed by atoms with E-state index in [9.17, 15) is 4.79 Å². The van der Waals surface area contributed by atoms with E-state index in [0.717, 1.165) is 6.92 Å². The maximum absolute atomic E-state index is 11.3. The van der Waals surface area contributed by atoms with Gasteiger partial charge in [0, 0.05) is 18.4 Å². The van der Waals surface area contributed by atoms with Crippen LogP contribution in [0, 0.1) is 0 Å². The molecule has 5 nitrogen and oxygen atoms in total. The van der Waals surface area contributed by atoms with Gasteiger partial charge in [-0.05, 0) is 12.1 Å². The lowest BCUT2D eigenvalue weighted by Gasteiger charge is -1.84. The zero-order valence-electron chi connectivity index (χ0n) is 8.62. The Morgan fingerprint density at radius 3 is 2.56 bits per heavy atom. The quantitative estimate of drug-likeness (QED) is 0.715. The molecule has 0 aliphatic carbocycles. The Kier molecular flexibility index (Phi) is 4.08. The molecule has 0 radical (unpaired) electrons. The molecule has 5 heteroatoms. The molecule has 0 bridgehead atoms. The first-order valence-corrected chi connectivity index (χ1v) is 4.51. The van der Waals surface area contributed by atoms with Crippen LogP contribution in [0.15, 0.2) is 41.3 Å². The minimum absolute atomic E-state index is 0.0457. The largest absolute Gasteiger partial charge is 0.481 e. The maximum atomic E-state index is 11.3. The molecule has 0 fully saturated rings. The Hall–Kier alpha value is -2.30. The highest BCUT2D eigenvalue weighted by atomic mass is 16.4. The zero-order chi connectivity index (χ0) is 12.0. The molecule has 1 aromatic carbocycles. The fourth-order valence-electron chi connectivity index (χ4n) is 1.06. The summed E-state index contributed by atoms with van der Waals surface area (Å²) in [4.78, 5) is 20.3. The Balaban J connectivity index is 0.000000280. The van der Waals surface area contributed by atoms with Gasteiger partial charge in [-0.25, -0.2) is 0 Å². The third-order valence-corrected chi connectivity index (χ3v) is 1.63. The van der Waals surface area contributed by atoms with Crippen molar-refractivity contribution < 1.29 is 9.90 Å². The number of carbonyl (C=O) groups is 1. The number of rotatable bonds is 0. The van der Waals surface area contributed by atoms with Gasteiger partial charge >= 0.3 is 0 Å². The summed E-state index contributed by atoms with van der Waals surface area (Å²) in [7, 11) is 0. The van der Waals surface area contributed by atoms with E-state index in [0.29, 0.717) is 10.9 Å². The van der Waals surface area contributed by atoms with Crippen LogP contribution in [0.5, 0.6) is 0 Å². The highest BCUT2D eigenvalue weighted by Crippen LogP contribution is 2.01. The minimum Gasteiger partial charge on any atom is -0.481 e. The normalized spacial score (nSPS) is 9.06. The van der Waals surface area contributed by atoms with Crippen molar-refractivity contribution >= 4 is 16.9 Å². The zero-order valence-corrected chi connectivity index (χ0v) is 8.62. The minimum atomic E-state index is -0.833. The van der Waals surface area contributed by atoms with Gasteiger partial charge in [-0.1, -0.05) is 12.1 Å². The smallest absolute Gasteiger partial charge is 0.300 e. The summed E-state index contributed by atoms with van der Waals surface area (Å²) in [5.74, 6) is -0.833. The van der Waals surface area contributed by atoms with Crippen LogP contribution < -0.4 is 5.43 Å². The van der Waals surface area contributed by atoms with Crippen molar-refractivity contribution in [2.45, 2.75) is 6.92 Å². The number of fused-ring (bicyclic) bond motifs is 1. The Morgan fingerprint density at radius 2 is 1.88 bits per heavy atom. The second-order valence-electron chi connectivity index (χ2n) is 2.93. The van der Waals surface area contributed by atoms with Crippen LogP contribution in [-0.4, -0.2) is 21.3 Å². The molecule has 16 heavy (non-hydrogen) atoms. The molecule has 1 aromatic heterocycles. The summed E-state index contributed by atoms with van der Waals surface area (Å²) >= 11 is 0. The average Bonchev–Trinajstić information content (AvgIpc) is 2.41. The second kappa shape index (κ2) is 5.55. The highest BCUT2D eigenvalue weighted by molar-refractivity contribution is 5.76. The molecule has 2 aromatic rings. The van der Waals surface area contributed by atoms with Gasteiger partial charge in [0.2, 0.25) is 0 Å². The number of benzene rings is 1. The number of nitrogens with zero attached hydrogens (tertiary/aromatic N) is 2. The summed E-state index contributed by atoms with van der Waals surface area (Å²) in [5.41, 5.74) is 0.586. The second-order valence-corrected chi connectivity index (χ2v) is 2.93. The van der Waals surface area contributed by atoms with E-state index in [1.54, 1.807) is 12.1 Å². The molecule has 1 heterocycles. The van der Waals surface area contributed by atoms with E-state index in [1.165, 1.54) is 12.3 Å². The number of hydrogen-bond acceptors (Lipinski definition) is 4. The molecule has 1 N–H and O–H groups in total. The summed E-state index contributed by atoms with van der Waals surface area (Å²) in [6.07, 6.45) is 1.41. The monoisotopic (exact) mass is 218 g/mol. The molecule has 0 unspecified atom stereocenters. The highest BCUT2D eigenvalue weighted by Gasteiger charge is 1.93. The molecule has 0 atom stereocenters. The molecule has 82 valence electrons. The summed E-state index contributed by atoms with van der Waals surface area (Å²) in [6, 6.07) is 8.56. The van der Waals surface area contributed by atoms with Gasteiger partial charge in [0.25, 0.3) is 5.97 Å². The van der Waals surface area contributed by atoms with Crippen molar-refractivity contribution in [3.63, 3.8) is 0 Å². The summed E-state index contributed by atoms with van der Waals surface area (Å²) in [6.45, 7) is 1.08. The lowest BCUT2D eigenvalue weighted by atomic mass is 10.2. The van der Waals surface area contributed by atoms with E-state index in [1.807, 2.05) is 12.1 Å². The Morgan fingerprint density at radius 1 is 1.25 bits per heavy atom. The third-order valence-electron chi connectivity index (χ3n) is 1.63. The van der Waals surface area contributed by atoms with E-state index < -0.39 is 5.97 Å². The van der Waals surface area contributed by atoms with Gasteiger partial charge in [0.05, 0.1) is 11.7 Å². The van der Waals surface area contributed by atoms with Crippen molar-refractivity contribution in [2.75, 3.05) is 0 Å². The van der Waals surface area contributed by atoms with Gasteiger partial charge in [0.15, 0.2) is 5.43 Å². The molecule has 2 rings (SSSR count). The van der Waals surface area contributed by atoms with Crippen LogP contribution in [0.4, 0.5) is 0 Å². The number of carboxylic acids is 1. The molecule has 0 saturated heterocycles. The lowest BCUT2D eigenvalue weighted by Crippen LogP contribution is -1.93.